The SMILES string of the molecule is Cc1ccc(NCc2ccc(-c3ccc(Br)cc3Cl)o2)cc1C. The van der Waals surface area contributed by atoms with Gasteiger partial charge in [-0.05, 0) is 67.4 Å². The van der Waals surface area contributed by atoms with E-state index in [2.05, 4.69) is 53.3 Å². The first-order chi connectivity index (χ1) is 11.0. The Kier molecular flexibility index (Phi) is 4.79. The molecule has 23 heavy (non-hydrogen) atoms. The molecule has 0 aliphatic rings. The van der Waals surface area contributed by atoms with Gasteiger partial charge in [0.2, 0.25) is 0 Å². The number of aryl methyl sites for hydroxylation is 2. The van der Waals surface area contributed by atoms with Crippen molar-refractivity contribution in [1.82, 2.24) is 0 Å². The summed E-state index contributed by atoms with van der Waals surface area (Å²) in [7, 11) is 0. The van der Waals surface area contributed by atoms with Gasteiger partial charge in [-0.2, -0.15) is 0 Å². The maximum absolute atomic E-state index is 6.27. The number of hydrogen-bond donors (Lipinski definition) is 1. The molecular formula is C19H17BrClNO. The fourth-order valence-electron chi connectivity index (χ4n) is 2.35. The van der Waals surface area contributed by atoms with Gasteiger partial charge in [0, 0.05) is 15.7 Å². The van der Waals surface area contributed by atoms with Crippen molar-refractivity contribution in [3.63, 3.8) is 0 Å². The van der Waals surface area contributed by atoms with Gasteiger partial charge in [-0.25, -0.2) is 0 Å². The van der Waals surface area contributed by atoms with Crippen molar-refractivity contribution in [2.24, 2.45) is 0 Å². The summed E-state index contributed by atoms with van der Waals surface area (Å²) in [4.78, 5) is 0. The van der Waals surface area contributed by atoms with Gasteiger partial charge in [0.05, 0.1) is 11.6 Å². The van der Waals surface area contributed by atoms with Crippen molar-refractivity contribution < 1.29 is 4.42 Å². The molecule has 1 aromatic heterocycles. The van der Waals surface area contributed by atoms with Crippen LogP contribution >= 0.6 is 27.5 Å². The summed E-state index contributed by atoms with van der Waals surface area (Å²) in [5.74, 6) is 1.65. The monoisotopic (exact) mass is 389 g/mol. The summed E-state index contributed by atoms with van der Waals surface area (Å²) in [6.07, 6.45) is 0. The van der Waals surface area contributed by atoms with E-state index in [9.17, 15) is 0 Å². The quantitative estimate of drug-likeness (QED) is 0.543. The molecule has 0 atom stereocenters. The number of nitrogens with one attached hydrogen (secondary N) is 1. The first kappa shape index (κ1) is 16.2. The van der Waals surface area contributed by atoms with Gasteiger partial charge in [0.15, 0.2) is 0 Å². The fraction of sp³-hybridized carbons (Fsp3) is 0.158. The van der Waals surface area contributed by atoms with Gasteiger partial charge >= 0.3 is 0 Å². The highest BCUT2D eigenvalue weighted by molar-refractivity contribution is 9.10. The minimum Gasteiger partial charge on any atom is -0.459 e. The zero-order valence-corrected chi connectivity index (χ0v) is 15.3. The third kappa shape index (κ3) is 3.80. The Morgan fingerprint density at radius 1 is 1.00 bits per heavy atom. The Morgan fingerprint density at radius 3 is 2.57 bits per heavy atom. The van der Waals surface area contributed by atoms with Gasteiger partial charge in [0.25, 0.3) is 0 Å². The van der Waals surface area contributed by atoms with E-state index in [4.69, 9.17) is 16.0 Å². The van der Waals surface area contributed by atoms with Crippen LogP contribution in [0.1, 0.15) is 16.9 Å². The lowest BCUT2D eigenvalue weighted by molar-refractivity contribution is 0.531. The molecule has 2 aromatic carbocycles. The molecule has 1 heterocycles. The van der Waals surface area contributed by atoms with Crippen LogP contribution < -0.4 is 5.32 Å². The van der Waals surface area contributed by atoms with Crippen molar-refractivity contribution in [2.45, 2.75) is 20.4 Å². The summed E-state index contributed by atoms with van der Waals surface area (Å²) in [5.41, 5.74) is 4.55. The van der Waals surface area contributed by atoms with Crippen LogP contribution in [0, 0.1) is 13.8 Å². The minimum atomic E-state index is 0.636. The topological polar surface area (TPSA) is 25.2 Å². The maximum atomic E-state index is 6.27. The molecule has 1 N–H and O–H groups in total. The normalized spacial score (nSPS) is 10.8. The standard InChI is InChI=1S/C19H17BrClNO/c1-12-3-5-15(9-13(12)2)22-11-16-6-8-19(23-16)17-7-4-14(20)10-18(17)21/h3-10,22H,11H2,1-2H3. The average molecular weight is 391 g/mol. The Labute approximate surface area is 149 Å². The van der Waals surface area contributed by atoms with Crippen LogP contribution in [0.4, 0.5) is 5.69 Å². The van der Waals surface area contributed by atoms with Gasteiger partial charge in [-0.1, -0.05) is 33.6 Å². The molecule has 0 aliphatic heterocycles. The lowest BCUT2D eigenvalue weighted by Crippen LogP contribution is -1.98. The summed E-state index contributed by atoms with van der Waals surface area (Å²) >= 11 is 9.68. The highest BCUT2D eigenvalue weighted by atomic mass is 79.9. The predicted octanol–water partition coefficient (Wildman–Crippen LogP) is 6.59. The summed E-state index contributed by atoms with van der Waals surface area (Å²) < 4.78 is 6.86. The second-order valence-electron chi connectivity index (χ2n) is 5.54. The van der Waals surface area contributed by atoms with Crippen LogP contribution in [0.5, 0.6) is 0 Å². The van der Waals surface area contributed by atoms with E-state index in [0.717, 1.165) is 27.2 Å². The van der Waals surface area contributed by atoms with Crippen molar-refractivity contribution in [1.29, 1.82) is 0 Å². The third-order valence-corrected chi connectivity index (χ3v) is 4.64. The van der Waals surface area contributed by atoms with E-state index >= 15 is 0 Å². The molecule has 0 unspecified atom stereocenters. The Balaban J connectivity index is 1.73. The smallest absolute Gasteiger partial charge is 0.135 e. The zero-order valence-electron chi connectivity index (χ0n) is 13.0. The summed E-state index contributed by atoms with van der Waals surface area (Å²) in [6, 6.07) is 16.0. The lowest BCUT2D eigenvalue weighted by Gasteiger charge is -2.07. The average Bonchev–Trinajstić information content (AvgIpc) is 2.97. The van der Waals surface area contributed by atoms with Crippen LogP contribution in [0.2, 0.25) is 5.02 Å². The summed E-state index contributed by atoms with van der Waals surface area (Å²) in [5, 5.41) is 4.05. The van der Waals surface area contributed by atoms with Crippen LogP contribution in [0.15, 0.2) is 57.4 Å². The fourth-order valence-corrected chi connectivity index (χ4v) is 3.11. The highest BCUT2D eigenvalue weighted by Gasteiger charge is 2.09. The summed E-state index contributed by atoms with van der Waals surface area (Å²) in [6.45, 7) is 4.86. The molecule has 0 fully saturated rings. The number of halogens is 2. The zero-order chi connectivity index (χ0) is 16.4. The van der Waals surface area contributed by atoms with E-state index in [1.54, 1.807) is 0 Å². The molecule has 3 aromatic rings. The molecule has 0 amide bonds. The van der Waals surface area contributed by atoms with Crippen LogP contribution in [-0.2, 0) is 6.54 Å². The molecule has 118 valence electrons. The number of rotatable bonds is 4. The van der Waals surface area contributed by atoms with E-state index in [1.807, 2.05) is 30.3 Å². The molecule has 0 saturated carbocycles. The number of hydrogen-bond acceptors (Lipinski definition) is 2. The van der Waals surface area contributed by atoms with E-state index in [-0.39, 0.29) is 0 Å². The third-order valence-electron chi connectivity index (χ3n) is 3.83. The molecule has 0 bridgehead atoms. The number of furan rings is 1. The van der Waals surface area contributed by atoms with Crippen LogP contribution in [0.25, 0.3) is 11.3 Å². The lowest BCUT2D eigenvalue weighted by atomic mass is 10.1. The maximum Gasteiger partial charge on any atom is 0.135 e. The second-order valence-corrected chi connectivity index (χ2v) is 6.87. The van der Waals surface area contributed by atoms with Gasteiger partial charge < -0.3 is 9.73 Å². The molecule has 0 aliphatic carbocycles. The highest BCUT2D eigenvalue weighted by Crippen LogP contribution is 2.31. The molecule has 0 saturated heterocycles. The van der Waals surface area contributed by atoms with Gasteiger partial charge in [-0.15, -0.1) is 0 Å². The molecule has 2 nitrogen and oxygen atoms in total. The van der Waals surface area contributed by atoms with Crippen molar-refractivity contribution in [3.8, 4) is 11.3 Å². The molecule has 0 radical (unpaired) electrons. The van der Waals surface area contributed by atoms with Crippen LogP contribution in [-0.4, -0.2) is 0 Å². The predicted molar refractivity (Wildman–Crippen MR) is 100 cm³/mol. The number of anilines is 1. The first-order valence-corrected chi connectivity index (χ1v) is 8.55. The van der Waals surface area contributed by atoms with Crippen molar-refractivity contribution >= 4 is 33.2 Å². The Morgan fingerprint density at radius 2 is 1.83 bits per heavy atom. The van der Waals surface area contributed by atoms with E-state index in [0.29, 0.717) is 11.6 Å². The van der Waals surface area contributed by atoms with E-state index < -0.39 is 0 Å². The molecule has 4 heteroatoms. The van der Waals surface area contributed by atoms with Gasteiger partial charge in [0.1, 0.15) is 11.5 Å². The molecule has 0 spiro atoms. The van der Waals surface area contributed by atoms with E-state index in [1.165, 1.54) is 11.1 Å². The van der Waals surface area contributed by atoms with Crippen LogP contribution in [0.3, 0.4) is 0 Å². The van der Waals surface area contributed by atoms with Crippen molar-refractivity contribution in [2.75, 3.05) is 5.32 Å². The molecular weight excluding hydrogens is 374 g/mol. The number of benzene rings is 2. The molecule has 3 rings (SSSR count). The largest absolute Gasteiger partial charge is 0.459 e. The minimum absolute atomic E-state index is 0.636. The Bertz CT molecular complexity index is 841. The van der Waals surface area contributed by atoms with Gasteiger partial charge in [-0.3, -0.25) is 0 Å². The Hall–Kier alpha value is -1.71. The first-order valence-electron chi connectivity index (χ1n) is 7.38. The van der Waals surface area contributed by atoms with Crippen molar-refractivity contribution in [3.05, 3.63) is 74.9 Å². The second kappa shape index (κ2) is 6.81.